The maximum atomic E-state index is 13.1. The van der Waals surface area contributed by atoms with Gasteiger partial charge in [0.2, 0.25) is 23.8 Å². The van der Waals surface area contributed by atoms with Crippen LogP contribution in [0, 0.1) is 23.3 Å². The number of aromatic nitrogens is 8. The molecule has 18 heteroatoms. The molecule has 4 saturated heterocycles. The first kappa shape index (κ1) is 64.0. The zero-order valence-electron chi connectivity index (χ0n) is 50.8. The van der Waals surface area contributed by atoms with E-state index in [1.807, 2.05) is 56.8 Å². The molecule has 2 atom stereocenters. The van der Waals surface area contributed by atoms with Crippen LogP contribution in [0.5, 0.6) is 0 Å². The number of hydrogen-bond donors (Lipinski definition) is 1. The molecule has 4 fully saturated rings. The molecule has 0 aliphatic carbocycles. The Labute approximate surface area is 514 Å². The highest BCUT2D eigenvalue weighted by molar-refractivity contribution is 6.08. The first-order valence-corrected chi connectivity index (χ1v) is 31.2. The molecule has 0 saturated carbocycles. The van der Waals surface area contributed by atoms with Gasteiger partial charge in [-0.1, -0.05) is 56.3 Å². The smallest absolute Gasteiger partial charge is 0.225 e. The Morgan fingerprint density at radius 2 is 0.750 bits per heavy atom. The fraction of sp³-hybridized carbons (Fsp3) is 0.386. The monoisotopic (exact) mass is 1200 g/mol. The maximum Gasteiger partial charge on any atom is 0.225 e. The molecule has 88 heavy (non-hydrogen) atoms. The molecule has 14 nitrogen and oxygen atoms in total. The summed E-state index contributed by atoms with van der Waals surface area (Å²) >= 11 is 0. The number of rotatable bonds is 14. The number of halogens is 4. The summed E-state index contributed by atoms with van der Waals surface area (Å²) in [6.07, 6.45) is 32.0. The third kappa shape index (κ3) is 17.2. The number of carbonyl (C=O) groups excluding carboxylic acids is 1. The highest BCUT2D eigenvalue weighted by Gasteiger charge is 2.31. The molecule has 8 heterocycles. The predicted molar refractivity (Wildman–Crippen MR) is 340 cm³/mol. The second kappa shape index (κ2) is 31.9. The van der Waals surface area contributed by atoms with Crippen molar-refractivity contribution >= 4 is 35.1 Å². The van der Waals surface area contributed by atoms with Crippen molar-refractivity contribution in [2.75, 3.05) is 72.0 Å². The minimum Gasteiger partial charge on any atom is -0.380 e. The van der Waals surface area contributed by atoms with Gasteiger partial charge in [0.25, 0.3) is 0 Å². The van der Waals surface area contributed by atoms with Crippen LogP contribution in [0.2, 0.25) is 0 Å². The van der Waals surface area contributed by atoms with Gasteiger partial charge in [0.1, 0.15) is 28.9 Å². The van der Waals surface area contributed by atoms with Crippen molar-refractivity contribution in [2.45, 2.75) is 122 Å². The van der Waals surface area contributed by atoms with Gasteiger partial charge in [-0.15, -0.1) is 0 Å². The van der Waals surface area contributed by atoms with Crippen LogP contribution in [0.1, 0.15) is 166 Å². The lowest BCUT2D eigenvalue weighted by Crippen LogP contribution is -2.32. The number of allylic oxidation sites excluding steroid dienone is 1. The summed E-state index contributed by atoms with van der Waals surface area (Å²) in [5, 5.41) is 11.0. The van der Waals surface area contributed by atoms with E-state index in [1.54, 1.807) is 49.1 Å². The summed E-state index contributed by atoms with van der Waals surface area (Å²) in [6, 6.07) is 24.7. The van der Waals surface area contributed by atoms with Crippen LogP contribution in [0.4, 0.5) is 41.4 Å². The molecular formula is C70H80F4N12O2. The number of ketones is 1. The van der Waals surface area contributed by atoms with E-state index in [2.05, 4.69) is 66.4 Å². The topological polar surface area (TPSA) is 153 Å². The Hall–Kier alpha value is -8.51. The zero-order chi connectivity index (χ0) is 61.7. The van der Waals surface area contributed by atoms with Gasteiger partial charge in [-0.3, -0.25) is 4.79 Å². The third-order valence-electron chi connectivity index (χ3n) is 16.6. The Kier molecular flexibility index (Phi) is 23.2. The molecule has 8 aromatic rings. The van der Waals surface area contributed by atoms with Crippen LogP contribution in [0.3, 0.4) is 0 Å². The highest BCUT2D eigenvalue weighted by atomic mass is 19.1. The maximum absolute atomic E-state index is 13.1. The number of anilines is 4. The van der Waals surface area contributed by atoms with Crippen LogP contribution in [0.25, 0.3) is 5.57 Å². The quantitative estimate of drug-likeness (QED) is 0.0811. The summed E-state index contributed by atoms with van der Waals surface area (Å²) in [7, 11) is 0. The molecule has 0 spiro atoms. The number of benzene rings is 4. The van der Waals surface area contributed by atoms with Gasteiger partial charge in [-0.25, -0.2) is 57.4 Å². The minimum atomic E-state index is -1.20. The second-order valence-corrected chi connectivity index (χ2v) is 22.6. The summed E-state index contributed by atoms with van der Waals surface area (Å²) in [6.45, 7) is 14.1. The van der Waals surface area contributed by atoms with E-state index in [0.717, 1.165) is 111 Å². The molecule has 2 unspecified atom stereocenters. The van der Waals surface area contributed by atoms with Crippen LogP contribution < -0.4 is 19.6 Å². The van der Waals surface area contributed by atoms with E-state index in [1.165, 1.54) is 125 Å². The van der Waals surface area contributed by atoms with Crippen LogP contribution in [-0.2, 0) is 5.60 Å². The van der Waals surface area contributed by atoms with Crippen LogP contribution >= 0.6 is 0 Å². The van der Waals surface area contributed by atoms with Gasteiger partial charge in [0.05, 0.1) is 5.56 Å². The zero-order valence-corrected chi connectivity index (χ0v) is 50.8. The van der Waals surface area contributed by atoms with E-state index in [-0.39, 0.29) is 35.0 Å². The number of carbonyl (C=O) groups is 1. The summed E-state index contributed by atoms with van der Waals surface area (Å²) in [5.41, 5.74) is 6.08. The summed E-state index contributed by atoms with van der Waals surface area (Å²) < 4.78 is 52.1. The molecular weight excluding hydrogens is 1120 g/mol. The molecule has 460 valence electrons. The van der Waals surface area contributed by atoms with Crippen molar-refractivity contribution in [1.29, 1.82) is 0 Å². The van der Waals surface area contributed by atoms with Crippen molar-refractivity contribution in [3.05, 3.63) is 220 Å². The van der Waals surface area contributed by atoms with Crippen molar-refractivity contribution in [2.24, 2.45) is 0 Å². The summed E-state index contributed by atoms with van der Waals surface area (Å²) in [4.78, 5) is 56.6. The first-order valence-electron chi connectivity index (χ1n) is 31.2. The molecule has 0 bridgehead atoms. The SMILES string of the molecule is C/C=C(\c1ccc(F)cc1)c1cnc(N2CCCCC2)nc1.CCC(O)(c1ccc(F)cc1)c1cnc(N2CCCCC2)nc1.CCC(c1ccc(F)cc1)c1cnc(N2CCCCC2)nc1.O=C(c1ccc(F)cc1)c1cnc(N2CCCCC2)nc1. The van der Waals surface area contributed by atoms with Crippen molar-refractivity contribution in [3.8, 4) is 0 Å². The third-order valence-corrected chi connectivity index (χ3v) is 16.6. The fourth-order valence-corrected chi connectivity index (χ4v) is 11.5. The highest BCUT2D eigenvalue weighted by Crippen LogP contribution is 2.34. The number of aliphatic hydroxyl groups is 1. The van der Waals surface area contributed by atoms with Gasteiger partial charge in [-0.05, 0) is 185 Å². The van der Waals surface area contributed by atoms with Gasteiger partial charge < -0.3 is 24.7 Å². The Balaban J connectivity index is 0.000000140. The van der Waals surface area contributed by atoms with E-state index in [4.69, 9.17) is 0 Å². The molecule has 4 aliphatic heterocycles. The second-order valence-electron chi connectivity index (χ2n) is 22.6. The summed E-state index contributed by atoms with van der Waals surface area (Å²) in [5.74, 6) is 1.95. The Morgan fingerprint density at radius 3 is 1.11 bits per heavy atom. The molecule has 0 amide bonds. The van der Waals surface area contributed by atoms with Crippen LogP contribution in [0.15, 0.2) is 153 Å². The van der Waals surface area contributed by atoms with E-state index < -0.39 is 5.60 Å². The van der Waals surface area contributed by atoms with E-state index >= 15 is 0 Å². The molecule has 1 N–H and O–H groups in total. The Morgan fingerprint density at radius 1 is 0.420 bits per heavy atom. The van der Waals surface area contributed by atoms with Crippen molar-refractivity contribution in [3.63, 3.8) is 0 Å². The normalized spacial score (nSPS) is 16.3. The Bertz CT molecular complexity index is 3410. The molecule has 4 aromatic carbocycles. The fourth-order valence-electron chi connectivity index (χ4n) is 11.5. The number of hydrogen-bond acceptors (Lipinski definition) is 14. The molecule has 12 rings (SSSR count). The van der Waals surface area contributed by atoms with Crippen LogP contribution in [-0.4, -0.2) is 103 Å². The van der Waals surface area contributed by atoms with Gasteiger partial charge in [0.15, 0.2) is 5.78 Å². The first-order chi connectivity index (χ1) is 42.9. The number of piperidine rings is 4. The van der Waals surface area contributed by atoms with Gasteiger partial charge in [0, 0.05) is 125 Å². The van der Waals surface area contributed by atoms with Crippen molar-refractivity contribution < 1.29 is 27.5 Å². The average molecular weight is 1200 g/mol. The van der Waals surface area contributed by atoms with E-state index in [0.29, 0.717) is 40.6 Å². The minimum absolute atomic E-state index is 0.194. The standard InChI is InChI=1S/C18H22FN3O.C18H22FN3.C18H20FN3.C16H16FN3O/c1-2-18(23,14-6-8-16(19)9-7-14)15-12-20-17(21-13-15)22-10-4-3-5-11-22;2*1-2-17(14-6-8-16(19)9-7-14)15-12-20-18(21-13-15)22-10-4-3-5-11-22;17-14-6-4-12(5-7-14)15(21)13-10-18-16(19-11-13)20-8-2-1-3-9-20/h6-9,12-13,23H,2-5,10-11H2,1H3;6-9,12-13,17H,2-5,10-11H2,1H3;2,6-9,12-13H,3-5,10-11H2,1H3;4-7,10-11H,1-3,8-9H2/b;;17-2+;. The molecule has 0 radical (unpaired) electrons. The van der Waals surface area contributed by atoms with Crippen molar-refractivity contribution in [1.82, 2.24) is 39.9 Å². The lowest BCUT2D eigenvalue weighted by molar-refractivity contribution is 0.0757. The largest absolute Gasteiger partial charge is 0.380 e. The lowest BCUT2D eigenvalue weighted by Gasteiger charge is -2.29. The average Bonchev–Trinajstić information content (AvgIpc) is 3.79. The van der Waals surface area contributed by atoms with Gasteiger partial charge in [-0.2, -0.15) is 0 Å². The predicted octanol–water partition coefficient (Wildman–Crippen LogP) is 14.3. The number of nitrogens with zero attached hydrogens (tertiary/aromatic N) is 12. The molecule has 4 aromatic heterocycles. The van der Waals surface area contributed by atoms with Gasteiger partial charge >= 0.3 is 0 Å². The molecule has 4 aliphatic rings. The lowest BCUT2D eigenvalue weighted by atomic mass is 9.86. The van der Waals surface area contributed by atoms with E-state index in [9.17, 15) is 27.5 Å².